The molecule has 4 aromatic rings. The first-order chi connectivity index (χ1) is 14.4. The quantitative estimate of drug-likeness (QED) is 0.272. The monoisotopic (exact) mass is 512 g/mol. The summed E-state index contributed by atoms with van der Waals surface area (Å²) in [5.74, 6) is 0.320. The van der Waals surface area contributed by atoms with Crippen LogP contribution in [0.25, 0.3) is 10.2 Å². The number of thiazole rings is 1. The summed E-state index contributed by atoms with van der Waals surface area (Å²) in [4.78, 5) is 17.2. The van der Waals surface area contributed by atoms with E-state index in [9.17, 15) is 4.79 Å². The van der Waals surface area contributed by atoms with Crippen molar-refractivity contribution in [1.82, 2.24) is 4.98 Å². The molecule has 0 saturated heterocycles. The number of nitrogens with one attached hydrogen (secondary N) is 1. The van der Waals surface area contributed by atoms with Gasteiger partial charge in [0.2, 0.25) is 0 Å². The Morgan fingerprint density at radius 3 is 2.47 bits per heavy atom. The van der Waals surface area contributed by atoms with Gasteiger partial charge >= 0.3 is 0 Å². The Morgan fingerprint density at radius 1 is 0.967 bits per heavy atom. The molecule has 0 aliphatic rings. The van der Waals surface area contributed by atoms with Gasteiger partial charge < -0.3 is 5.32 Å². The van der Waals surface area contributed by atoms with Crippen molar-refractivity contribution >= 4 is 91.3 Å². The van der Waals surface area contributed by atoms with Crippen molar-refractivity contribution in [3.8, 4) is 0 Å². The molecular weight excluding hydrogens is 502 g/mol. The molecule has 152 valence electrons. The fourth-order valence-electron chi connectivity index (χ4n) is 2.72. The standard InChI is InChI=1S/C21H12Cl4N2OS2/c22-11-4-6-13(17(25)8-11)20(28)26-12-5-7-18-19(9-12)30-21(27-18)29-10-14-15(23)2-1-3-16(14)24/h1-9H,10H2,(H,26,28). The van der Waals surface area contributed by atoms with E-state index in [0.29, 0.717) is 37.1 Å². The maximum absolute atomic E-state index is 12.5. The number of anilines is 1. The Balaban J connectivity index is 1.50. The number of benzene rings is 3. The highest BCUT2D eigenvalue weighted by atomic mass is 35.5. The smallest absolute Gasteiger partial charge is 0.257 e. The molecular formula is C21H12Cl4N2OS2. The normalized spacial score (nSPS) is 11.1. The van der Waals surface area contributed by atoms with Crippen molar-refractivity contribution in [1.29, 1.82) is 0 Å². The van der Waals surface area contributed by atoms with Crippen LogP contribution in [0.3, 0.4) is 0 Å². The van der Waals surface area contributed by atoms with E-state index in [1.165, 1.54) is 0 Å². The molecule has 1 N–H and O–H groups in total. The lowest BCUT2D eigenvalue weighted by atomic mass is 10.2. The van der Waals surface area contributed by atoms with Gasteiger partial charge in [-0.25, -0.2) is 4.98 Å². The second-order valence-corrected chi connectivity index (χ2v) is 10.1. The molecule has 9 heteroatoms. The second kappa shape index (κ2) is 9.35. The molecule has 1 amide bonds. The Morgan fingerprint density at radius 2 is 1.73 bits per heavy atom. The zero-order valence-electron chi connectivity index (χ0n) is 15.1. The summed E-state index contributed by atoms with van der Waals surface area (Å²) < 4.78 is 1.85. The summed E-state index contributed by atoms with van der Waals surface area (Å²) in [6.45, 7) is 0. The van der Waals surface area contributed by atoms with Crippen molar-refractivity contribution < 1.29 is 4.79 Å². The van der Waals surface area contributed by atoms with E-state index in [1.54, 1.807) is 41.3 Å². The van der Waals surface area contributed by atoms with Gasteiger partial charge in [0.25, 0.3) is 5.91 Å². The molecule has 0 bridgehead atoms. The minimum atomic E-state index is -0.302. The van der Waals surface area contributed by atoms with Crippen LogP contribution in [0.4, 0.5) is 5.69 Å². The number of amides is 1. The van der Waals surface area contributed by atoms with Gasteiger partial charge in [-0.3, -0.25) is 4.79 Å². The molecule has 4 rings (SSSR count). The number of halogens is 4. The molecule has 0 saturated carbocycles. The largest absolute Gasteiger partial charge is 0.322 e. The zero-order chi connectivity index (χ0) is 21.3. The first-order valence-corrected chi connectivity index (χ1v) is 11.9. The Kier molecular flexibility index (Phi) is 6.78. The molecule has 0 unspecified atom stereocenters. The van der Waals surface area contributed by atoms with E-state index in [1.807, 2.05) is 36.4 Å². The van der Waals surface area contributed by atoms with Crippen LogP contribution in [0.1, 0.15) is 15.9 Å². The molecule has 0 spiro atoms. The second-order valence-electron chi connectivity index (χ2n) is 6.23. The summed E-state index contributed by atoms with van der Waals surface area (Å²) >= 11 is 27.6. The van der Waals surface area contributed by atoms with E-state index in [2.05, 4.69) is 10.3 Å². The first kappa shape index (κ1) is 21.8. The highest BCUT2D eigenvalue weighted by Crippen LogP contribution is 2.36. The summed E-state index contributed by atoms with van der Waals surface area (Å²) in [6.07, 6.45) is 0. The van der Waals surface area contributed by atoms with Gasteiger partial charge in [-0.1, -0.05) is 64.2 Å². The summed E-state index contributed by atoms with van der Waals surface area (Å²) in [6, 6.07) is 15.8. The van der Waals surface area contributed by atoms with Crippen LogP contribution in [-0.2, 0) is 5.75 Å². The molecule has 0 aliphatic carbocycles. The summed E-state index contributed by atoms with van der Waals surface area (Å²) in [7, 11) is 0. The van der Waals surface area contributed by atoms with Gasteiger partial charge in [-0.15, -0.1) is 11.3 Å². The van der Waals surface area contributed by atoms with Crippen molar-refractivity contribution in [3.05, 3.63) is 85.8 Å². The third-order valence-corrected chi connectivity index (χ3v) is 7.65. The fraction of sp³-hybridized carbons (Fsp3) is 0.0476. The molecule has 1 heterocycles. The topological polar surface area (TPSA) is 42.0 Å². The van der Waals surface area contributed by atoms with Crippen LogP contribution < -0.4 is 5.32 Å². The molecule has 1 aromatic heterocycles. The van der Waals surface area contributed by atoms with Gasteiger partial charge in [-0.2, -0.15) is 0 Å². The number of hydrogen-bond acceptors (Lipinski definition) is 4. The SMILES string of the molecule is O=C(Nc1ccc2nc(SCc3c(Cl)cccc3Cl)sc2c1)c1ccc(Cl)cc1Cl. The van der Waals surface area contributed by atoms with Crippen LogP contribution in [0, 0.1) is 0 Å². The molecule has 3 aromatic carbocycles. The first-order valence-electron chi connectivity index (χ1n) is 8.63. The number of thioether (sulfide) groups is 1. The van der Waals surface area contributed by atoms with Gasteiger partial charge in [0.05, 0.1) is 20.8 Å². The van der Waals surface area contributed by atoms with Gasteiger partial charge in [-0.05, 0) is 54.1 Å². The number of hydrogen-bond donors (Lipinski definition) is 1. The third-order valence-electron chi connectivity index (χ3n) is 4.20. The minimum Gasteiger partial charge on any atom is -0.322 e. The van der Waals surface area contributed by atoms with Gasteiger partial charge in [0, 0.05) is 26.5 Å². The third kappa shape index (κ3) is 4.88. The van der Waals surface area contributed by atoms with E-state index in [4.69, 9.17) is 46.4 Å². The Labute approximate surface area is 201 Å². The lowest BCUT2D eigenvalue weighted by molar-refractivity contribution is 0.102. The molecule has 0 radical (unpaired) electrons. The molecule has 0 atom stereocenters. The highest BCUT2D eigenvalue weighted by molar-refractivity contribution is 8.00. The van der Waals surface area contributed by atoms with E-state index in [0.717, 1.165) is 20.1 Å². The maximum atomic E-state index is 12.5. The van der Waals surface area contributed by atoms with Crippen LogP contribution in [0.2, 0.25) is 20.1 Å². The maximum Gasteiger partial charge on any atom is 0.257 e. The number of rotatable bonds is 5. The van der Waals surface area contributed by atoms with Crippen molar-refractivity contribution in [2.45, 2.75) is 10.1 Å². The summed E-state index contributed by atoms with van der Waals surface area (Å²) in [5, 5.41) is 4.92. The highest BCUT2D eigenvalue weighted by Gasteiger charge is 2.13. The predicted molar refractivity (Wildman–Crippen MR) is 130 cm³/mol. The van der Waals surface area contributed by atoms with Gasteiger partial charge in [0.1, 0.15) is 0 Å². The lowest BCUT2D eigenvalue weighted by Gasteiger charge is -2.07. The van der Waals surface area contributed by atoms with Crippen molar-refractivity contribution in [2.24, 2.45) is 0 Å². The summed E-state index contributed by atoms with van der Waals surface area (Å²) in [5.41, 5.74) is 2.76. The number of carbonyl (C=O) groups excluding carboxylic acids is 1. The molecule has 0 aliphatic heterocycles. The average Bonchev–Trinajstić information content (AvgIpc) is 3.09. The Hall–Kier alpha value is -1.47. The van der Waals surface area contributed by atoms with Crippen LogP contribution in [0.15, 0.2) is 58.9 Å². The number of aromatic nitrogens is 1. The number of fused-ring (bicyclic) bond motifs is 1. The van der Waals surface area contributed by atoms with E-state index in [-0.39, 0.29) is 5.91 Å². The number of nitrogens with zero attached hydrogens (tertiary/aromatic N) is 1. The number of carbonyl (C=O) groups is 1. The molecule has 3 nitrogen and oxygen atoms in total. The average molecular weight is 514 g/mol. The van der Waals surface area contributed by atoms with Crippen molar-refractivity contribution in [2.75, 3.05) is 5.32 Å². The zero-order valence-corrected chi connectivity index (χ0v) is 19.7. The fourth-order valence-corrected chi connectivity index (χ4v) is 6.06. The van der Waals surface area contributed by atoms with Crippen LogP contribution in [-0.4, -0.2) is 10.9 Å². The van der Waals surface area contributed by atoms with Crippen LogP contribution >= 0.6 is 69.5 Å². The molecule has 0 fully saturated rings. The lowest BCUT2D eigenvalue weighted by Crippen LogP contribution is -2.12. The predicted octanol–water partition coefficient (Wildman–Crippen LogP) is 8.45. The van der Waals surface area contributed by atoms with E-state index >= 15 is 0 Å². The van der Waals surface area contributed by atoms with Crippen LogP contribution in [0.5, 0.6) is 0 Å². The molecule has 30 heavy (non-hydrogen) atoms. The minimum absolute atomic E-state index is 0.302. The van der Waals surface area contributed by atoms with Crippen molar-refractivity contribution in [3.63, 3.8) is 0 Å². The van der Waals surface area contributed by atoms with Gasteiger partial charge in [0.15, 0.2) is 4.34 Å². The Bertz CT molecular complexity index is 1240. The van der Waals surface area contributed by atoms with E-state index < -0.39 is 0 Å².